The average molecular weight is 167 g/mol. The van der Waals surface area contributed by atoms with E-state index in [9.17, 15) is 4.79 Å². The van der Waals surface area contributed by atoms with E-state index >= 15 is 0 Å². The number of nitrogens with two attached hydrogens (primary N) is 2. The fourth-order valence-corrected chi connectivity index (χ4v) is 0.624. The molecule has 0 heterocycles. The number of halogens is 1. The van der Waals surface area contributed by atoms with Gasteiger partial charge in [0.25, 0.3) is 0 Å². The first-order chi connectivity index (χ1) is 4.04. The molecule has 10 heavy (non-hydrogen) atoms. The Labute approximate surface area is 67.6 Å². The van der Waals surface area contributed by atoms with Crippen molar-refractivity contribution < 1.29 is 4.79 Å². The molecule has 62 valence electrons. The summed E-state index contributed by atoms with van der Waals surface area (Å²) in [5.41, 5.74) is 10.3. The number of carbonyl (C=O) groups excluding carboxylic acids is 1. The number of hydrogen-bond acceptors (Lipinski definition) is 2. The first kappa shape index (κ1) is 12.4. The van der Waals surface area contributed by atoms with Crippen LogP contribution in [-0.4, -0.2) is 11.9 Å². The zero-order chi connectivity index (χ0) is 7.44. The molecule has 0 aromatic carbocycles. The Hall–Kier alpha value is -0.280. The van der Waals surface area contributed by atoms with E-state index in [1.165, 1.54) is 0 Å². The number of hydrogen-bond donors (Lipinski definition) is 2. The van der Waals surface area contributed by atoms with Gasteiger partial charge < -0.3 is 11.5 Å². The molecule has 0 radical (unpaired) electrons. The largest absolute Gasteiger partial charge is 0.368 e. The lowest BCUT2D eigenvalue weighted by Crippen LogP contribution is -2.37. The molecule has 0 rings (SSSR count). The highest BCUT2D eigenvalue weighted by atomic mass is 35.5. The molecule has 0 aliphatic heterocycles. The van der Waals surface area contributed by atoms with Crippen LogP contribution in [0.5, 0.6) is 0 Å². The molecular formula is C6H15ClN2O. The van der Waals surface area contributed by atoms with E-state index < -0.39 is 11.9 Å². The first-order valence-electron chi connectivity index (χ1n) is 3.09. The van der Waals surface area contributed by atoms with Crippen LogP contribution in [0.1, 0.15) is 20.3 Å². The van der Waals surface area contributed by atoms with E-state index in [-0.39, 0.29) is 12.4 Å². The van der Waals surface area contributed by atoms with Gasteiger partial charge in [-0.25, -0.2) is 0 Å². The Bertz CT molecular complexity index is 106. The highest BCUT2D eigenvalue weighted by Crippen LogP contribution is 2.00. The molecule has 0 aromatic rings. The molecule has 0 aromatic heterocycles. The van der Waals surface area contributed by atoms with Crippen LogP contribution in [0.2, 0.25) is 0 Å². The molecule has 0 saturated heterocycles. The molecule has 0 fully saturated rings. The Kier molecular flexibility index (Phi) is 6.82. The van der Waals surface area contributed by atoms with E-state index in [0.29, 0.717) is 12.3 Å². The fraction of sp³-hybridized carbons (Fsp3) is 0.833. The highest BCUT2D eigenvalue weighted by Gasteiger charge is 2.09. The van der Waals surface area contributed by atoms with E-state index in [4.69, 9.17) is 11.5 Å². The SMILES string of the molecule is CC(C)CC(N)C(N)=O.Cl. The monoisotopic (exact) mass is 166 g/mol. The third-order valence-corrected chi connectivity index (χ3v) is 1.09. The maximum atomic E-state index is 10.3. The summed E-state index contributed by atoms with van der Waals surface area (Å²) in [5.74, 6) is 0.0243. The summed E-state index contributed by atoms with van der Waals surface area (Å²) < 4.78 is 0. The van der Waals surface area contributed by atoms with E-state index in [0.717, 1.165) is 0 Å². The highest BCUT2D eigenvalue weighted by molar-refractivity contribution is 5.85. The Balaban J connectivity index is 0. The zero-order valence-corrected chi connectivity index (χ0v) is 7.15. The molecule has 4 N–H and O–H groups in total. The summed E-state index contributed by atoms with van der Waals surface area (Å²) in [4.78, 5) is 10.3. The average Bonchev–Trinajstić information content (AvgIpc) is 1.63. The summed E-state index contributed by atoms with van der Waals surface area (Å²) in [6.07, 6.45) is 0.676. The quantitative estimate of drug-likeness (QED) is 0.632. The first-order valence-corrected chi connectivity index (χ1v) is 3.09. The molecule has 0 aliphatic rings. The second-order valence-corrected chi connectivity index (χ2v) is 2.64. The molecule has 4 heteroatoms. The summed E-state index contributed by atoms with van der Waals surface area (Å²) in [7, 11) is 0. The van der Waals surface area contributed by atoms with Crippen molar-refractivity contribution in [3.05, 3.63) is 0 Å². The summed E-state index contributed by atoms with van der Waals surface area (Å²) in [5, 5.41) is 0. The molecule has 0 saturated carbocycles. The van der Waals surface area contributed by atoms with Crippen molar-refractivity contribution in [1.29, 1.82) is 0 Å². The van der Waals surface area contributed by atoms with Crippen molar-refractivity contribution in [1.82, 2.24) is 0 Å². The second-order valence-electron chi connectivity index (χ2n) is 2.64. The van der Waals surface area contributed by atoms with Crippen molar-refractivity contribution in [2.45, 2.75) is 26.3 Å². The summed E-state index contributed by atoms with van der Waals surface area (Å²) >= 11 is 0. The molecule has 1 amide bonds. The van der Waals surface area contributed by atoms with Crippen LogP contribution in [0.25, 0.3) is 0 Å². The van der Waals surface area contributed by atoms with Gasteiger partial charge in [-0.2, -0.15) is 0 Å². The van der Waals surface area contributed by atoms with E-state index in [1.54, 1.807) is 0 Å². The number of rotatable bonds is 3. The van der Waals surface area contributed by atoms with Crippen LogP contribution in [0.4, 0.5) is 0 Å². The molecular weight excluding hydrogens is 152 g/mol. The van der Waals surface area contributed by atoms with Gasteiger partial charge in [0.05, 0.1) is 6.04 Å². The lowest BCUT2D eigenvalue weighted by atomic mass is 10.0. The smallest absolute Gasteiger partial charge is 0.234 e. The van der Waals surface area contributed by atoms with Crippen LogP contribution in [0, 0.1) is 5.92 Å². The van der Waals surface area contributed by atoms with Gasteiger partial charge in [-0.05, 0) is 12.3 Å². The van der Waals surface area contributed by atoms with Crippen molar-refractivity contribution in [3.8, 4) is 0 Å². The van der Waals surface area contributed by atoms with Crippen LogP contribution in [-0.2, 0) is 4.79 Å². The third-order valence-electron chi connectivity index (χ3n) is 1.09. The lowest BCUT2D eigenvalue weighted by Gasteiger charge is -2.08. The van der Waals surface area contributed by atoms with Crippen molar-refractivity contribution >= 4 is 18.3 Å². The number of carbonyl (C=O) groups is 1. The number of primary amides is 1. The van der Waals surface area contributed by atoms with Gasteiger partial charge in [-0.1, -0.05) is 13.8 Å². The van der Waals surface area contributed by atoms with Crippen LogP contribution in [0.3, 0.4) is 0 Å². The van der Waals surface area contributed by atoms with Gasteiger partial charge >= 0.3 is 0 Å². The zero-order valence-electron chi connectivity index (χ0n) is 6.33. The molecule has 0 aliphatic carbocycles. The van der Waals surface area contributed by atoms with E-state index in [1.807, 2.05) is 13.8 Å². The molecule has 1 atom stereocenters. The van der Waals surface area contributed by atoms with E-state index in [2.05, 4.69) is 0 Å². The normalized spacial score (nSPS) is 12.4. The molecule has 3 nitrogen and oxygen atoms in total. The van der Waals surface area contributed by atoms with Crippen LogP contribution < -0.4 is 11.5 Å². The van der Waals surface area contributed by atoms with Crippen LogP contribution in [0.15, 0.2) is 0 Å². The van der Waals surface area contributed by atoms with Gasteiger partial charge in [-0.15, -0.1) is 12.4 Å². The Morgan fingerprint density at radius 2 is 1.90 bits per heavy atom. The van der Waals surface area contributed by atoms with Gasteiger partial charge in [0.15, 0.2) is 0 Å². The fourth-order valence-electron chi connectivity index (χ4n) is 0.624. The predicted molar refractivity (Wildman–Crippen MR) is 43.9 cm³/mol. The molecule has 0 bridgehead atoms. The molecule has 0 spiro atoms. The summed E-state index contributed by atoms with van der Waals surface area (Å²) in [6, 6.07) is -0.468. The minimum atomic E-state index is -0.468. The van der Waals surface area contributed by atoms with Gasteiger partial charge in [0.2, 0.25) is 5.91 Å². The van der Waals surface area contributed by atoms with Crippen molar-refractivity contribution in [2.75, 3.05) is 0 Å². The maximum absolute atomic E-state index is 10.3. The third kappa shape index (κ3) is 5.85. The predicted octanol–water partition coefficient (Wildman–Crippen LogP) is 0.267. The Morgan fingerprint density at radius 3 is 2.00 bits per heavy atom. The van der Waals surface area contributed by atoms with Crippen LogP contribution >= 0.6 is 12.4 Å². The minimum absolute atomic E-state index is 0. The topological polar surface area (TPSA) is 69.1 Å². The lowest BCUT2D eigenvalue weighted by molar-refractivity contribution is -0.119. The van der Waals surface area contributed by atoms with Gasteiger partial charge in [0.1, 0.15) is 0 Å². The molecule has 1 unspecified atom stereocenters. The van der Waals surface area contributed by atoms with Gasteiger partial charge in [0, 0.05) is 0 Å². The maximum Gasteiger partial charge on any atom is 0.234 e. The number of amides is 1. The minimum Gasteiger partial charge on any atom is -0.368 e. The second kappa shape index (κ2) is 5.50. The summed E-state index contributed by atoms with van der Waals surface area (Å²) in [6.45, 7) is 4.01. The standard InChI is InChI=1S/C6H14N2O.ClH/c1-4(2)3-5(7)6(8)9;/h4-5H,3,7H2,1-2H3,(H2,8,9);1H. The van der Waals surface area contributed by atoms with Gasteiger partial charge in [-0.3, -0.25) is 4.79 Å². The Morgan fingerprint density at radius 1 is 1.50 bits per heavy atom. The van der Waals surface area contributed by atoms with Crippen molar-refractivity contribution in [3.63, 3.8) is 0 Å². The van der Waals surface area contributed by atoms with Crippen molar-refractivity contribution in [2.24, 2.45) is 17.4 Å².